The first-order valence-corrected chi connectivity index (χ1v) is 11.3. The van der Waals surface area contributed by atoms with Gasteiger partial charge >= 0.3 is 0 Å². The molecule has 2 saturated heterocycles. The molecule has 6 nitrogen and oxygen atoms in total. The molecule has 0 saturated carbocycles. The number of nitrogens with zero attached hydrogens (tertiary/aromatic N) is 3. The Bertz CT molecular complexity index is 733. The smallest absolute Gasteiger partial charge is 0.238 e. The van der Waals surface area contributed by atoms with Crippen molar-refractivity contribution in [3.8, 4) is 0 Å². The third kappa shape index (κ3) is 4.82. The largest absolute Gasteiger partial charge is 0.340 e. The molecule has 4 rings (SSSR count). The number of hydrogen-bond acceptors (Lipinski definition) is 5. The molecule has 3 aliphatic heterocycles. The molecule has 1 aromatic rings. The van der Waals surface area contributed by atoms with E-state index in [4.69, 9.17) is 11.6 Å². The molecule has 1 atom stereocenters. The van der Waals surface area contributed by atoms with Crippen LogP contribution < -0.4 is 5.32 Å². The average molecular weight is 423 g/mol. The van der Waals surface area contributed by atoms with Gasteiger partial charge in [-0.25, -0.2) is 0 Å². The molecule has 28 heavy (non-hydrogen) atoms. The number of thioether (sulfide) groups is 1. The Morgan fingerprint density at radius 3 is 2.46 bits per heavy atom. The van der Waals surface area contributed by atoms with Crippen molar-refractivity contribution >= 4 is 40.9 Å². The summed E-state index contributed by atoms with van der Waals surface area (Å²) in [5.74, 6) is -0.0402. The SMILES string of the molecule is O=C1Nc2cc(Cl)ccc2SC1CC(=O)N1CCN(CCN2CCCC2)CC1. The molecule has 0 aliphatic carbocycles. The fraction of sp³-hybridized carbons (Fsp3) is 0.600. The van der Waals surface area contributed by atoms with Gasteiger partial charge in [0.25, 0.3) is 0 Å². The number of carbonyl (C=O) groups is 2. The number of amides is 2. The summed E-state index contributed by atoms with van der Waals surface area (Å²) in [7, 11) is 0. The summed E-state index contributed by atoms with van der Waals surface area (Å²) in [6, 6.07) is 5.46. The van der Waals surface area contributed by atoms with Crippen LogP contribution in [0.2, 0.25) is 5.02 Å². The fourth-order valence-corrected chi connectivity index (χ4v) is 5.31. The highest BCUT2D eigenvalue weighted by atomic mass is 35.5. The van der Waals surface area contributed by atoms with E-state index in [9.17, 15) is 9.59 Å². The molecular weight excluding hydrogens is 396 g/mol. The normalized spacial score (nSPS) is 23.5. The standard InChI is InChI=1S/C20H27ClN4O2S/c21-15-3-4-17-16(13-15)22-20(27)18(28-17)14-19(26)25-11-9-24(10-12-25)8-7-23-5-1-2-6-23/h3-4,13,18H,1-2,5-12,14H2,(H,22,27). The zero-order valence-electron chi connectivity index (χ0n) is 16.0. The number of benzene rings is 1. The lowest BCUT2D eigenvalue weighted by Crippen LogP contribution is -2.51. The molecule has 8 heteroatoms. The number of likely N-dealkylation sites (tertiary alicyclic amines) is 1. The van der Waals surface area contributed by atoms with Gasteiger partial charge in [0.05, 0.1) is 10.9 Å². The highest BCUT2D eigenvalue weighted by Gasteiger charge is 2.31. The first-order valence-electron chi connectivity index (χ1n) is 10.1. The van der Waals surface area contributed by atoms with Gasteiger partial charge in [-0.15, -0.1) is 11.8 Å². The van der Waals surface area contributed by atoms with Crippen LogP contribution in [-0.2, 0) is 9.59 Å². The average Bonchev–Trinajstić information content (AvgIpc) is 3.21. The lowest BCUT2D eigenvalue weighted by molar-refractivity contribution is -0.134. The number of piperazine rings is 1. The molecule has 1 N–H and O–H groups in total. The summed E-state index contributed by atoms with van der Waals surface area (Å²) in [4.78, 5) is 33.0. The van der Waals surface area contributed by atoms with Crippen molar-refractivity contribution in [2.75, 3.05) is 57.7 Å². The number of fused-ring (bicyclic) bond motifs is 1. The van der Waals surface area contributed by atoms with Crippen LogP contribution in [-0.4, -0.2) is 84.1 Å². The van der Waals surface area contributed by atoms with E-state index in [-0.39, 0.29) is 23.5 Å². The highest BCUT2D eigenvalue weighted by Crippen LogP contribution is 2.38. The molecule has 3 heterocycles. The molecular formula is C20H27ClN4O2S. The van der Waals surface area contributed by atoms with E-state index in [1.54, 1.807) is 6.07 Å². The minimum atomic E-state index is -0.380. The Hall–Kier alpha value is -1.28. The number of rotatable bonds is 5. The van der Waals surface area contributed by atoms with Gasteiger partial charge < -0.3 is 15.1 Å². The summed E-state index contributed by atoms with van der Waals surface area (Å²) in [6.07, 6.45) is 2.89. The first-order chi connectivity index (χ1) is 13.6. The Balaban J connectivity index is 1.24. The molecule has 1 aromatic carbocycles. The van der Waals surface area contributed by atoms with E-state index >= 15 is 0 Å². The van der Waals surface area contributed by atoms with Crippen LogP contribution in [0.25, 0.3) is 0 Å². The number of hydrogen-bond donors (Lipinski definition) is 1. The predicted octanol–water partition coefficient (Wildman–Crippen LogP) is 2.38. The zero-order chi connectivity index (χ0) is 19.5. The van der Waals surface area contributed by atoms with E-state index in [1.165, 1.54) is 37.7 Å². The van der Waals surface area contributed by atoms with Crippen LogP contribution >= 0.6 is 23.4 Å². The summed E-state index contributed by atoms with van der Waals surface area (Å²) in [5.41, 5.74) is 0.734. The van der Waals surface area contributed by atoms with E-state index in [0.29, 0.717) is 5.02 Å². The Kier molecular flexibility index (Phi) is 6.45. The second-order valence-corrected chi connectivity index (χ2v) is 9.39. The van der Waals surface area contributed by atoms with Crippen molar-refractivity contribution in [1.82, 2.24) is 14.7 Å². The lowest BCUT2D eigenvalue weighted by atomic mass is 10.2. The van der Waals surface area contributed by atoms with Gasteiger partial charge in [0.15, 0.2) is 0 Å². The van der Waals surface area contributed by atoms with Crippen molar-refractivity contribution in [3.63, 3.8) is 0 Å². The zero-order valence-corrected chi connectivity index (χ0v) is 17.6. The maximum atomic E-state index is 12.7. The minimum absolute atomic E-state index is 0.0734. The minimum Gasteiger partial charge on any atom is -0.340 e. The molecule has 2 fully saturated rings. The van der Waals surface area contributed by atoms with Crippen molar-refractivity contribution < 1.29 is 9.59 Å². The van der Waals surface area contributed by atoms with Gasteiger partial charge in [-0.3, -0.25) is 14.5 Å². The molecule has 0 aromatic heterocycles. The Morgan fingerprint density at radius 2 is 1.75 bits per heavy atom. The van der Waals surface area contributed by atoms with E-state index < -0.39 is 0 Å². The summed E-state index contributed by atoms with van der Waals surface area (Å²) < 4.78 is 0. The predicted molar refractivity (Wildman–Crippen MR) is 113 cm³/mol. The maximum Gasteiger partial charge on any atom is 0.238 e. The number of carbonyl (C=O) groups excluding carboxylic acids is 2. The van der Waals surface area contributed by atoms with E-state index in [2.05, 4.69) is 15.1 Å². The highest BCUT2D eigenvalue weighted by molar-refractivity contribution is 8.01. The number of halogens is 1. The molecule has 152 valence electrons. The molecule has 0 spiro atoms. The maximum absolute atomic E-state index is 12.7. The summed E-state index contributed by atoms with van der Waals surface area (Å²) in [5, 5.41) is 3.10. The monoisotopic (exact) mass is 422 g/mol. The second kappa shape index (κ2) is 9.03. The van der Waals surface area contributed by atoms with Crippen LogP contribution in [0.3, 0.4) is 0 Å². The third-order valence-corrected chi connectivity index (χ3v) is 7.29. The molecule has 2 amide bonds. The summed E-state index contributed by atoms with van der Waals surface area (Å²) >= 11 is 7.44. The van der Waals surface area contributed by atoms with Crippen LogP contribution in [0, 0.1) is 0 Å². The van der Waals surface area contributed by atoms with Crippen molar-refractivity contribution in [1.29, 1.82) is 0 Å². The molecule has 3 aliphatic rings. The lowest BCUT2D eigenvalue weighted by Gasteiger charge is -2.36. The topological polar surface area (TPSA) is 55.9 Å². The van der Waals surface area contributed by atoms with Gasteiger partial charge in [-0.05, 0) is 44.1 Å². The van der Waals surface area contributed by atoms with Crippen LogP contribution in [0.1, 0.15) is 19.3 Å². The third-order valence-electron chi connectivity index (χ3n) is 5.78. The first kappa shape index (κ1) is 20.0. The molecule has 1 unspecified atom stereocenters. The number of anilines is 1. The van der Waals surface area contributed by atoms with Gasteiger partial charge in [0, 0.05) is 55.6 Å². The van der Waals surface area contributed by atoms with E-state index in [0.717, 1.165) is 49.9 Å². The van der Waals surface area contributed by atoms with Crippen LogP contribution in [0.15, 0.2) is 23.1 Å². The van der Waals surface area contributed by atoms with Gasteiger partial charge in [0.1, 0.15) is 0 Å². The molecule has 0 radical (unpaired) electrons. The Labute approximate surface area is 175 Å². The summed E-state index contributed by atoms with van der Waals surface area (Å²) in [6.45, 7) is 8.03. The fourth-order valence-electron chi connectivity index (χ4n) is 4.05. The number of nitrogens with one attached hydrogen (secondary N) is 1. The molecule has 0 bridgehead atoms. The van der Waals surface area contributed by atoms with Gasteiger partial charge in [-0.1, -0.05) is 11.6 Å². The van der Waals surface area contributed by atoms with Crippen LogP contribution in [0.5, 0.6) is 0 Å². The van der Waals surface area contributed by atoms with Gasteiger partial charge in [0.2, 0.25) is 11.8 Å². The van der Waals surface area contributed by atoms with Crippen LogP contribution in [0.4, 0.5) is 5.69 Å². The van der Waals surface area contributed by atoms with E-state index in [1.807, 2.05) is 17.0 Å². The second-order valence-electron chi connectivity index (χ2n) is 7.71. The van der Waals surface area contributed by atoms with Gasteiger partial charge in [-0.2, -0.15) is 0 Å². The van der Waals surface area contributed by atoms with Crippen molar-refractivity contribution in [3.05, 3.63) is 23.2 Å². The van der Waals surface area contributed by atoms with Crippen molar-refractivity contribution in [2.24, 2.45) is 0 Å². The Morgan fingerprint density at radius 1 is 1.07 bits per heavy atom. The quantitative estimate of drug-likeness (QED) is 0.789. The van der Waals surface area contributed by atoms with Crippen molar-refractivity contribution in [2.45, 2.75) is 29.4 Å².